The summed E-state index contributed by atoms with van der Waals surface area (Å²) in [4.78, 5) is 17.7. The van der Waals surface area contributed by atoms with Crippen LogP contribution in [0.25, 0.3) is 0 Å². The first-order valence-electron chi connectivity index (χ1n) is 4.04. The molecule has 0 aliphatic carbocycles. The van der Waals surface area contributed by atoms with E-state index in [0.29, 0.717) is 17.8 Å². The molecule has 1 aliphatic rings. The first kappa shape index (κ1) is 9.15. The van der Waals surface area contributed by atoms with Crippen molar-refractivity contribution in [1.82, 2.24) is 9.88 Å². The summed E-state index contributed by atoms with van der Waals surface area (Å²) in [7, 11) is 0. The summed E-state index contributed by atoms with van der Waals surface area (Å²) in [5.41, 5.74) is 2.78. The van der Waals surface area contributed by atoms with Gasteiger partial charge in [-0.15, -0.1) is 11.3 Å². The monoisotopic (exact) mass is 260 g/mol. The highest BCUT2D eigenvalue weighted by Gasteiger charge is 2.27. The Labute approximate surface area is 88.9 Å². The number of rotatable bonds is 2. The molecule has 2 heterocycles. The zero-order valence-electron chi connectivity index (χ0n) is 6.94. The van der Waals surface area contributed by atoms with Crippen LogP contribution in [0.2, 0.25) is 0 Å². The van der Waals surface area contributed by atoms with Crippen molar-refractivity contribution in [1.29, 1.82) is 0 Å². The third-order valence-corrected chi connectivity index (χ3v) is 3.25. The van der Waals surface area contributed by atoms with E-state index in [1.807, 2.05) is 10.3 Å². The molecule has 1 atom stereocenters. The van der Waals surface area contributed by atoms with Crippen LogP contribution in [0, 0.1) is 0 Å². The van der Waals surface area contributed by atoms with Gasteiger partial charge in [0.2, 0.25) is 5.91 Å². The molecule has 0 radical (unpaired) electrons. The Hall–Kier alpha value is -0.420. The van der Waals surface area contributed by atoms with Gasteiger partial charge in [-0.2, -0.15) is 0 Å². The van der Waals surface area contributed by atoms with Crippen LogP contribution in [-0.4, -0.2) is 27.2 Å². The zero-order chi connectivity index (χ0) is 9.26. The Balaban J connectivity index is 1.99. The van der Waals surface area contributed by atoms with Crippen LogP contribution in [0.15, 0.2) is 10.9 Å². The van der Waals surface area contributed by atoms with Crippen LogP contribution in [0.1, 0.15) is 12.1 Å². The van der Waals surface area contributed by atoms with Gasteiger partial charge in [0.05, 0.1) is 17.7 Å². The van der Waals surface area contributed by atoms with Gasteiger partial charge in [0.25, 0.3) is 0 Å². The number of alkyl halides is 1. The molecule has 70 valence electrons. The van der Waals surface area contributed by atoms with E-state index in [4.69, 9.17) is 0 Å². The van der Waals surface area contributed by atoms with Gasteiger partial charge >= 0.3 is 0 Å². The van der Waals surface area contributed by atoms with Gasteiger partial charge in [-0.1, -0.05) is 15.9 Å². The molecule has 1 amide bonds. The molecule has 0 N–H and O–H groups in total. The quantitative estimate of drug-likeness (QED) is 0.758. The molecular weight excluding hydrogens is 252 g/mol. The van der Waals surface area contributed by atoms with Gasteiger partial charge in [-0.05, 0) is 0 Å². The maximum absolute atomic E-state index is 11.4. The van der Waals surface area contributed by atoms with Gasteiger partial charge in [-0.25, -0.2) is 4.98 Å². The van der Waals surface area contributed by atoms with Crippen LogP contribution in [0.5, 0.6) is 0 Å². The highest BCUT2D eigenvalue weighted by atomic mass is 79.9. The second kappa shape index (κ2) is 3.75. The zero-order valence-corrected chi connectivity index (χ0v) is 9.34. The third kappa shape index (κ3) is 2.08. The van der Waals surface area contributed by atoms with E-state index in [1.165, 1.54) is 0 Å². The van der Waals surface area contributed by atoms with Crippen LogP contribution < -0.4 is 0 Å². The number of amides is 1. The maximum Gasteiger partial charge on any atom is 0.224 e. The molecule has 1 aliphatic heterocycles. The molecule has 0 spiro atoms. The minimum Gasteiger partial charge on any atom is -0.336 e. The largest absolute Gasteiger partial charge is 0.336 e. The normalized spacial score (nSPS) is 22.7. The fourth-order valence-electron chi connectivity index (χ4n) is 1.39. The summed E-state index contributed by atoms with van der Waals surface area (Å²) in [5, 5.41) is 1.98. The van der Waals surface area contributed by atoms with E-state index in [9.17, 15) is 4.79 Å². The van der Waals surface area contributed by atoms with E-state index < -0.39 is 0 Å². The van der Waals surface area contributed by atoms with Crippen molar-refractivity contribution in [2.24, 2.45) is 0 Å². The number of nitrogens with zero attached hydrogens (tertiary/aromatic N) is 2. The number of carbonyl (C=O) groups excluding carboxylic acids is 1. The number of aromatic nitrogens is 1. The highest BCUT2D eigenvalue weighted by Crippen LogP contribution is 2.19. The first-order chi connectivity index (χ1) is 6.25. The van der Waals surface area contributed by atoms with Gasteiger partial charge in [0, 0.05) is 23.2 Å². The lowest BCUT2D eigenvalue weighted by Gasteiger charge is -2.13. The van der Waals surface area contributed by atoms with Gasteiger partial charge in [-0.3, -0.25) is 4.79 Å². The molecule has 1 aromatic heterocycles. The number of carbonyl (C=O) groups is 1. The molecular formula is C8H9BrN2OS. The summed E-state index contributed by atoms with van der Waals surface area (Å²) in [5.74, 6) is 0.217. The molecule has 5 heteroatoms. The fraction of sp³-hybridized carbons (Fsp3) is 0.500. The van der Waals surface area contributed by atoms with Crippen molar-refractivity contribution in [2.45, 2.75) is 17.8 Å². The predicted octanol–water partition coefficient (Wildman–Crippen LogP) is 1.64. The number of hydrogen-bond acceptors (Lipinski definition) is 3. The number of thiazole rings is 1. The smallest absolute Gasteiger partial charge is 0.224 e. The van der Waals surface area contributed by atoms with E-state index >= 15 is 0 Å². The van der Waals surface area contributed by atoms with Crippen LogP contribution in [0.3, 0.4) is 0 Å². The topological polar surface area (TPSA) is 33.2 Å². The van der Waals surface area contributed by atoms with Crippen molar-refractivity contribution in [3.8, 4) is 0 Å². The molecule has 1 fully saturated rings. The molecule has 1 saturated heterocycles. The van der Waals surface area contributed by atoms with Crippen molar-refractivity contribution in [3.05, 3.63) is 16.6 Å². The average molecular weight is 261 g/mol. The summed E-state index contributed by atoms with van der Waals surface area (Å²) >= 11 is 5.01. The van der Waals surface area contributed by atoms with Crippen LogP contribution in [0.4, 0.5) is 0 Å². The van der Waals surface area contributed by atoms with Crippen LogP contribution >= 0.6 is 27.3 Å². The summed E-state index contributed by atoms with van der Waals surface area (Å²) in [6.07, 6.45) is 0.615. The SMILES string of the molecule is O=C1CC(Br)CN1Cc1cscn1. The Kier molecular flexibility index (Phi) is 2.64. The molecule has 1 aromatic rings. The maximum atomic E-state index is 11.4. The molecule has 0 saturated carbocycles. The lowest BCUT2D eigenvalue weighted by molar-refractivity contribution is -0.128. The number of hydrogen-bond donors (Lipinski definition) is 0. The van der Waals surface area contributed by atoms with Gasteiger partial charge < -0.3 is 4.90 Å². The average Bonchev–Trinajstić information content (AvgIpc) is 2.63. The van der Waals surface area contributed by atoms with Crippen molar-refractivity contribution in [2.75, 3.05) is 6.54 Å². The second-order valence-electron chi connectivity index (χ2n) is 3.06. The third-order valence-electron chi connectivity index (χ3n) is 2.00. The molecule has 2 rings (SSSR count). The van der Waals surface area contributed by atoms with Gasteiger partial charge in [0.15, 0.2) is 0 Å². The predicted molar refractivity (Wildman–Crippen MR) is 54.9 cm³/mol. The Morgan fingerprint density at radius 1 is 1.77 bits per heavy atom. The number of halogens is 1. The molecule has 0 aromatic carbocycles. The van der Waals surface area contributed by atoms with E-state index in [2.05, 4.69) is 20.9 Å². The standard InChI is InChI=1S/C8H9BrN2OS/c9-6-1-8(12)11(2-6)3-7-4-13-5-10-7/h4-6H,1-3H2. The first-order valence-corrected chi connectivity index (χ1v) is 5.90. The highest BCUT2D eigenvalue weighted by molar-refractivity contribution is 9.09. The lowest BCUT2D eigenvalue weighted by atomic mass is 10.4. The lowest BCUT2D eigenvalue weighted by Crippen LogP contribution is -2.24. The molecule has 13 heavy (non-hydrogen) atoms. The van der Waals surface area contributed by atoms with Crippen LogP contribution in [-0.2, 0) is 11.3 Å². The fourth-order valence-corrected chi connectivity index (χ4v) is 2.56. The second-order valence-corrected chi connectivity index (χ2v) is 5.07. The van der Waals surface area contributed by atoms with E-state index in [0.717, 1.165) is 12.2 Å². The minimum atomic E-state index is 0.217. The van der Waals surface area contributed by atoms with Gasteiger partial charge in [0.1, 0.15) is 0 Å². The Morgan fingerprint density at radius 2 is 2.62 bits per heavy atom. The minimum absolute atomic E-state index is 0.217. The molecule has 3 nitrogen and oxygen atoms in total. The summed E-state index contributed by atoms with van der Waals surface area (Å²) < 4.78 is 0. The number of likely N-dealkylation sites (tertiary alicyclic amines) is 1. The van der Waals surface area contributed by atoms with E-state index in [-0.39, 0.29) is 5.91 Å². The Bertz CT molecular complexity index is 301. The molecule has 0 bridgehead atoms. The Morgan fingerprint density at radius 3 is 3.15 bits per heavy atom. The summed E-state index contributed by atoms with van der Waals surface area (Å²) in [6, 6.07) is 0. The van der Waals surface area contributed by atoms with Crippen molar-refractivity contribution in [3.63, 3.8) is 0 Å². The summed E-state index contributed by atoms with van der Waals surface area (Å²) in [6.45, 7) is 1.46. The van der Waals surface area contributed by atoms with E-state index in [1.54, 1.807) is 16.8 Å². The van der Waals surface area contributed by atoms with Crippen molar-refractivity contribution >= 4 is 33.2 Å². The molecule has 1 unspecified atom stereocenters. The van der Waals surface area contributed by atoms with Crippen molar-refractivity contribution < 1.29 is 4.79 Å².